The summed E-state index contributed by atoms with van der Waals surface area (Å²) in [5.41, 5.74) is 4.22. The molecule has 0 unspecified atom stereocenters. The fourth-order valence-corrected chi connectivity index (χ4v) is 3.84. The van der Waals surface area contributed by atoms with Gasteiger partial charge >= 0.3 is 0 Å². The highest BCUT2D eigenvalue weighted by molar-refractivity contribution is 5.24. The third kappa shape index (κ3) is 4.77. The SMILES string of the molecule is Fc1cccc(Cc2cccc([C@@H]3CCCN(Cc4ccccn4)C3)n2)c1. The Labute approximate surface area is 159 Å². The van der Waals surface area contributed by atoms with Crippen molar-refractivity contribution < 1.29 is 4.39 Å². The van der Waals surface area contributed by atoms with E-state index in [4.69, 9.17) is 4.98 Å². The van der Waals surface area contributed by atoms with Gasteiger partial charge in [0.1, 0.15) is 5.82 Å². The number of aromatic nitrogens is 2. The first kappa shape index (κ1) is 17.8. The van der Waals surface area contributed by atoms with E-state index in [0.717, 1.165) is 48.7 Å². The molecule has 1 aromatic carbocycles. The molecule has 0 amide bonds. The van der Waals surface area contributed by atoms with Gasteiger partial charge in [-0.2, -0.15) is 0 Å². The lowest BCUT2D eigenvalue weighted by molar-refractivity contribution is 0.196. The van der Waals surface area contributed by atoms with E-state index in [1.54, 1.807) is 12.1 Å². The third-order valence-electron chi connectivity index (χ3n) is 5.14. The minimum Gasteiger partial charge on any atom is -0.297 e. The van der Waals surface area contributed by atoms with E-state index in [-0.39, 0.29) is 5.82 Å². The standard InChI is InChI=1S/C23H24FN3/c24-20-8-3-6-18(14-20)15-21-10-4-11-23(26-21)19-7-5-13-27(16-19)17-22-9-1-2-12-25-22/h1-4,6,8-12,14,19H,5,7,13,15-17H2/t19-/m1/s1. The monoisotopic (exact) mass is 361 g/mol. The quantitative estimate of drug-likeness (QED) is 0.666. The lowest BCUT2D eigenvalue weighted by Crippen LogP contribution is -2.34. The minimum absolute atomic E-state index is 0.193. The summed E-state index contributed by atoms with van der Waals surface area (Å²) in [7, 11) is 0. The number of piperidine rings is 1. The normalized spacial score (nSPS) is 17.7. The van der Waals surface area contributed by atoms with E-state index in [0.29, 0.717) is 12.3 Å². The highest BCUT2D eigenvalue weighted by Crippen LogP contribution is 2.27. The number of rotatable bonds is 5. The van der Waals surface area contributed by atoms with Crippen molar-refractivity contribution in [1.82, 2.24) is 14.9 Å². The average Bonchev–Trinajstić information content (AvgIpc) is 2.69. The van der Waals surface area contributed by atoms with Crippen LogP contribution < -0.4 is 0 Å². The molecule has 138 valence electrons. The lowest BCUT2D eigenvalue weighted by atomic mass is 9.93. The van der Waals surface area contributed by atoms with Crippen molar-refractivity contribution in [3.63, 3.8) is 0 Å². The minimum atomic E-state index is -0.193. The van der Waals surface area contributed by atoms with Crippen LogP contribution in [0.4, 0.5) is 4.39 Å². The van der Waals surface area contributed by atoms with Gasteiger partial charge in [0.2, 0.25) is 0 Å². The Hall–Kier alpha value is -2.59. The second kappa shape index (κ2) is 8.40. The van der Waals surface area contributed by atoms with Crippen molar-refractivity contribution in [2.45, 2.75) is 31.7 Å². The van der Waals surface area contributed by atoms with Crippen molar-refractivity contribution in [2.24, 2.45) is 0 Å². The summed E-state index contributed by atoms with van der Waals surface area (Å²) in [6, 6.07) is 19.1. The van der Waals surface area contributed by atoms with Crippen LogP contribution in [-0.2, 0) is 13.0 Å². The Bertz CT molecular complexity index is 882. The van der Waals surface area contributed by atoms with Gasteiger partial charge < -0.3 is 0 Å². The molecule has 0 aliphatic carbocycles. The van der Waals surface area contributed by atoms with Crippen LogP contribution in [0.2, 0.25) is 0 Å². The smallest absolute Gasteiger partial charge is 0.123 e. The van der Waals surface area contributed by atoms with Crippen molar-refractivity contribution >= 4 is 0 Å². The Morgan fingerprint density at radius 3 is 2.74 bits per heavy atom. The maximum Gasteiger partial charge on any atom is 0.123 e. The van der Waals surface area contributed by atoms with Crippen molar-refractivity contribution in [2.75, 3.05) is 13.1 Å². The summed E-state index contributed by atoms with van der Waals surface area (Å²) >= 11 is 0. The van der Waals surface area contributed by atoms with E-state index < -0.39 is 0 Å². The Morgan fingerprint density at radius 2 is 1.89 bits per heavy atom. The van der Waals surface area contributed by atoms with Gasteiger partial charge in [0.25, 0.3) is 0 Å². The van der Waals surface area contributed by atoms with Crippen molar-refractivity contribution in [3.05, 3.63) is 95.3 Å². The highest BCUT2D eigenvalue weighted by Gasteiger charge is 2.22. The van der Waals surface area contributed by atoms with Crippen LogP contribution in [0.3, 0.4) is 0 Å². The molecule has 27 heavy (non-hydrogen) atoms. The summed E-state index contributed by atoms with van der Waals surface area (Å²) in [4.78, 5) is 11.8. The van der Waals surface area contributed by atoms with Crippen molar-refractivity contribution in [3.8, 4) is 0 Å². The summed E-state index contributed by atoms with van der Waals surface area (Å²) in [6.07, 6.45) is 4.85. The van der Waals surface area contributed by atoms with E-state index in [9.17, 15) is 4.39 Å². The molecule has 3 heterocycles. The number of likely N-dealkylation sites (tertiary alicyclic amines) is 1. The number of hydrogen-bond donors (Lipinski definition) is 0. The van der Waals surface area contributed by atoms with Gasteiger partial charge in [0.05, 0.1) is 5.69 Å². The van der Waals surface area contributed by atoms with Gasteiger partial charge in [0.15, 0.2) is 0 Å². The second-order valence-electron chi connectivity index (χ2n) is 7.26. The molecule has 4 heteroatoms. The number of pyridine rings is 2. The molecule has 3 aromatic rings. The van der Waals surface area contributed by atoms with Crippen LogP contribution in [0, 0.1) is 5.82 Å². The first-order valence-corrected chi connectivity index (χ1v) is 9.59. The number of nitrogens with zero attached hydrogens (tertiary/aromatic N) is 3. The Kier molecular flexibility index (Phi) is 5.54. The van der Waals surface area contributed by atoms with Gasteiger partial charge in [-0.1, -0.05) is 24.3 Å². The zero-order valence-electron chi connectivity index (χ0n) is 15.4. The van der Waals surface area contributed by atoms with Gasteiger partial charge in [-0.3, -0.25) is 14.9 Å². The second-order valence-corrected chi connectivity index (χ2v) is 7.26. The molecular formula is C23H24FN3. The predicted octanol–water partition coefficient (Wildman–Crippen LogP) is 4.59. The lowest BCUT2D eigenvalue weighted by Gasteiger charge is -2.32. The molecule has 0 N–H and O–H groups in total. The number of benzene rings is 1. The molecular weight excluding hydrogens is 337 g/mol. The van der Waals surface area contributed by atoms with E-state index >= 15 is 0 Å². The van der Waals surface area contributed by atoms with Crippen LogP contribution in [0.5, 0.6) is 0 Å². The van der Waals surface area contributed by atoms with Gasteiger partial charge in [-0.15, -0.1) is 0 Å². The van der Waals surface area contributed by atoms with E-state index in [1.165, 1.54) is 12.5 Å². The molecule has 1 aliphatic heterocycles. The molecule has 0 radical (unpaired) electrons. The molecule has 0 bridgehead atoms. The molecule has 2 aromatic heterocycles. The van der Waals surface area contributed by atoms with Gasteiger partial charge in [-0.05, 0) is 61.3 Å². The molecule has 4 rings (SSSR count). The Balaban J connectivity index is 1.44. The summed E-state index contributed by atoms with van der Waals surface area (Å²) in [5.74, 6) is 0.246. The molecule has 1 aliphatic rings. The fraction of sp³-hybridized carbons (Fsp3) is 0.304. The van der Waals surface area contributed by atoms with Crippen LogP contribution in [0.1, 0.15) is 41.4 Å². The van der Waals surface area contributed by atoms with Crippen LogP contribution in [0.25, 0.3) is 0 Å². The molecule has 1 saturated heterocycles. The highest BCUT2D eigenvalue weighted by atomic mass is 19.1. The molecule has 1 atom stereocenters. The summed E-state index contributed by atoms with van der Waals surface area (Å²) in [5, 5.41) is 0. The van der Waals surface area contributed by atoms with Gasteiger partial charge in [-0.25, -0.2) is 4.39 Å². The maximum atomic E-state index is 13.4. The first-order chi connectivity index (χ1) is 13.3. The fourth-order valence-electron chi connectivity index (χ4n) is 3.84. The Morgan fingerprint density at radius 1 is 1.00 bits per heavy atom. The number of hydrogen-bond acceptors (Lipinski definition) is 3. The summed E-state index contributed by atoms with van der Waals surface area (Å²) < 4.78 is 13.4. The topological polar surface area (TPSA) is 29.0 Å². The van der Waals surface area contributed by atoms with Gasteiger partial charge in [0, 0.05) is 43.0 Å². The average molecular weight is 361 g/mol. The molecule has 0 spiro atoms. The summed E-state index contributed by atoms with van der Waals surface area (Å²) in [6.45, 7) is 3.00. The third-order valence-corrected chi connectivity index (χ3v) is 5.14. The first-order valence-electron chi connectivity index (χ1n) is 9.59. The molecule has 0 saturated carbocycles. The molecule has 3 nitrogen and oxygen atoms in total. The van der Waals surface area contributed by atoms with Crippen LogP contribution in [-0.4, -0.2) is 28.0 Å². The van der Waals surface area contributed by atoms with Crippen molar-refractivity contribution in [1.29, 1.82) is 0 Å². The zero-order chi connectivity index (χ0) is 18.5. The predicted molar refractivity (Wildman–Crippen MR) is 105 cm³/mol. The number of halogens is 1. The zero-order valence-corrected chi connectivity index (χ0v) is 15.4. The van der Waals surface area contributed by atoms with E-state index in [2.05, 4.69) is 28.1 Å². The molecule has 1 fully saturated rings. The van der Waals surface area contributed by atoms with E-state index in [1.807, 2.05) is 30.5 Å². The maximum absolute atomic E-state index is 13.4. The van der Waals surface area contributed by atoms with Crippen LogP contribution >= 0.6 is 0 Å². The largest absolute Gasteiger partial charge is 0.297 e. The van der Waals surface area contributed by atoms with Crippen LogP contribution in [0.15, 0.2) is 66.9 Å².